The van der Waals surface area contributed by atoms with E-state index in [-0.39, 0.29) is 35.5 Å². The van der Waals surface area contributed by atoms with E-state index in [2.05, 4.69) is 5.43 Å². The number of hydrogen-bond acceptors (Lipinski definition) is 2. The van der Waals surface area contributed by atoms with Crippen molar-refractivity contribution in [3.05, 3.63) is 30.3 Å². The third kappa shape index (κ3) is 2.46. The predicted molar refractivity (Wildman–Crippen MR) is 53.7 cm³/mol. The van der Waals surface area contributed by atoms with E-state index >= 15 is 0 Å². The van der Waals surface area contributed by atoms with Gasteiger partial charge in [-0.1, -0.05) is 18.2 Å². The fourth-order valence-corrected chi connectivity index (χ4v) is 1.28. The number of hydrogen-bond donors (Lipinski definition) is 1. The molecule has 64 valence electrons. The van der Waals surface area contributed by atoms with E-state index in [4.69, 9.17) is 0 Å². The van der Waals surface area contributed by atoms with Crippen LogP contribution < -0.4 is 10.4 Å². The van der Waals surface area contributed by atoms with Crippen molar-refractivity contribution in [2.75, 3.05) is 11.6 Å². The fraction of sp³-hybridized carbons (Fsp3) is 0.222. The molecule has 0 atom stereocenters. The summed E-state index contributed by atoms with van der Waals surface area (Å²) in [5.74, 6) is 0.0962. The molecule has 1 amide bonds. The first-order valence-electron chi connectivity index (χ1n) is 3.98. The van der Waals surface area contributed by atoms with Crippen molar-refractivity contribution >= 4 is 41.2 Å². The van der Waals surface area contributed by atoms with E-state index in [0.717, 1.165) is 12.2 Å². The number of carbonyl (C=O) groups is 1. The Bertz CT molecular complexity index is 289. The first kappa shape index (κ1) is 10.6. The van der Waals surface area contributed by atoms with Crippen LogP contribution in [0.15, 0.2) is 30.3 Å². The molecule has 1 heterocycles. The fourth-order valence-electron chi connectivity index (χ4n) is 1.28. The number of nitrogens with zero attached hydrogens (tertiary/aromatic N) is 1. The van der Waals surface area contributed by atoms with Crippen LogP contribution in [0.4, 0.5) is 5.69 Å². The van der Waals surface area contributed by atoms with Gasteiger partial charge in [0.25, 0.3) is 0 Å². The van der Waals surface area contributed by atoms with Gasteiger partial charge in [-0.15, -0.1) is 0 Å². The van der Waals surface area contributed by atoms with E-state index in [1.54, 1.807) is 0 Å². The van der Waals surface area contributed by atoms with Gasteiger partial charge in [-0.3, -0.25) is 15.2 Å². The summed E-state index contributed by atoms with van der Waals surface area (Å²) in [5, 5.41) is 1.86. The molecule has 1 aliphatic heterocycles. The van der Waals surface area contributed by atoms with Crippen molar-refractivity contribution in [3.8, 4) is 0 Å². The third-order valence-corrected chi connectivity index (χ3v) is 1.89. The molecular weight excluding hydrogens is 175 g/mol. The molecular formula is C9H11N2NaO. The van der Waals surface area contributed by atoms with Gasteiger partial charge < -0.3 is 0 Å². The van der Waals surface area contributed by atoms with Crippen LogP contribution in [-0.4, -0.2) is 42.0 Å². The summed E-state index contributed by atoms with van der Waals surface area (Å²) in [6.45, 7) is 0.767. The Morgan fingerprint density at radius 1 is 1.23 bits per heavy atom. The number of anilines is 1. The molecule has 1 aromatic rings. The van der Waals surface area contributed by atoms with Crippen LogP contribution in [0.3, 0.4) is 0 Å². The zero-order valence-electron chi connectivity index (χ0n) is 6.66. The maximum absolute atomic E-state index is 10.9. The summed E-state index contributed by atoms with van der Waals surface area (Å²) in [6, 6.07) is 9.83. The Balaban J connectivity index is 0.000000845. The zero-order valence-corrected chi connectivity index (χ0v) is 6.66. The summed E-state index contributed by atoms with van der Waals surface area (Å²) >= 11 is 0. The van der Waals surface area contributed by atoms with E-state index in [9.17, 15) is 4.79 Å². The second kappa shape index (κ2) is 4.65. The molecule has 1 aromatic carbocycles. The van der Waals surface area contributed by atoms with Gasteiger partial charge in [-0.2, -0.15) is 0 Å². The average molecular weight is 186 g/mol. The quantitative estimate of drug-likeness (QED) is 0.639. The molecule has 0 saturated carbocycles. The van der Waals surface area contributed by atoms with Crippen LogP contribution in [0.5, 0.6) is 0 Å². The van der Waals surface area contributed by atoms with Crippen LogP contribution in [0, 0.1) is 0 Å². The average Bonchev–Trinajstić information content (AvgIpc) is 2.54. The topological polar surface area (TPSA) is 32.3 Å². The molecule has 13 heavy (non-hydrogen) atoms. The number of carbonyl (C=O) groups excluding carboxylic acids is 1. The number of nitrogens with one attached hydrogen (secondary N) is 1. The molecule has 0 radical (unpaired) electrons. The summed E-state index contributed by atoms with van der Waals surface area (Å²) in [5.41, 5.74) is 3.81. The molecule has 3 nitrogen and oxygen atoms in total. The monoisotopic (exact) mass is 186 g/mol. The Labute approximate surface area is 99.4 Å². The van der Waals surface area contributed by atoms with E-state index in [1.165, 1.54) is 0 Å². The molecule has 0 aliphatic carbocycles. The van der Waals surface area contributed by atoms with Gasteiger partial charge in [0, 0.05) is 13.0 Å². The van der Waals surface area contributed by atoms with Crippen molar-refractivity contribution in [1.29, 1.82) is 0 Å². The van der Waals surface area contributed by atoms with E-state index in [1.807, 2.05) is 35.3 Å². The van der Waals surface area contributed by atoms with Crippen LogP contribution >= 0.6 is 0 Å². The van der Waals surface area contributed by atoms with Crippen LogP contribution in [-0.2, 0) is 4.79 Å². The van der Waals surface area contributed by atoms with Gasteiger partial charge >= 0.3 is 29.6 Å². The second-order valence-corrected chi connectivity index (χ2v) is 2.77. The molecule has 1 saturated heterocycles. The van der Waals surface area contributed by atoms with Crippen molar-refractivity contribution in [1.82, 2.24) is 5.43 Å². The summed E-state index contributed by atoms with van der Waals surface area (Å²) in [7, 11) is 0. The molecule has 1 N–H and O–H groups in total. The Kier molecular flexibility index (Phi) is 3.78. The second-order valence-electron chi connectivity index (χ2n) is 2.77. The van der Waals surface area contributed by atoms with Gasteiger partial charge in [-0.25, -0.2) is 0 Å². The number of para-hydroxylation sites is 1. The van der Waals surface area contributed by atoms with E-state index < -0.39 is 0 Å². The normalized spacial score (nSPS) is 15.1. The number of amides is 1. The molecule has 0 spiro atoms. The number of hydrazine groups is 1. The summed E-state index contributed by atoms with van der Waals surface area (Å²) in [6.07, 6.45) is 0.592. The number of rotatable bonds is 1. The standard InChI is InChI=1S/C9H10N2O.Na.H/c12-9-6-7-11(10-9)8-4-2-1-3-5-8;;/h1-5H,6-7H2,(H,10,12);;. The SMILES string of the molecule is O=C1CCN(c2ccccc2)N1.[NaH]. The summed E-state index contributed by atoms with van der Waals surface area (Å²) < 4.78 is 0. The third-order valence-electron chi connectivity index (χ3n) is 1.89. The molecule has 1 fully saturated rings. The first-order valence-corrected chi connectivity index (χ1v) is 3.98. The van der Waals surface area contributed by atoms with Gasteiger partial charge in [0.05, 0.1) is 5.69 Å². The molecule has 0 aromatic heterocycles. The molecule has 0 unspecified atom stereocenters. The van der Waals surface area contributed by atoms with Crippen molar-refractivity contribution in [2.45, 2.75) is 6.42 Å². The number of benzene rings is 1. The maximum atomic E-state index is 10.9. The van der Waals surface area contributed by atoms with Gasteiger partial charge in [0.2, 0.25) is 5.91 Å². The van der Waals surface area contributed by atoms with Crippen LogP contribution in [0.25, 0.3) is 0 Å². The minimum absolute atomic E-state index is 0. The predicted octanol–water partition coefficient (Wildman–Crippen LogP) is 0.279. The van der Waals surface area contributed by atoms with Gasteiger partial charge in [-0.05, 0) is 12.1 Å². The Morgan fingerprint density at radius 2 is 1.92 bits per heavy atom. The molecule has 4 heteroatoms. The van der Waals surface area contributed by atoms with Crippen molar-refractivity contribution in [2.24, 2.45) is 0 Å². The molecule has 1 aliphatic rings. The summed E-state index contributed by atoms with van der Waals surface area (Å²) in [4.78, 5) is 10.9. The Hall–Kier alpha value is -0.510. The van der Waals surface area contributed by atoms with E-state index in [0.29, 0.717) is 6.42 Å². The van der Waals surface area contributed by atoms with Crippen LogP contribution in [0.1, 0.15) is 6.42 Å². The Morgan fingerprint density at radius 3 is 2.46 bits per heavy atom. The van der Waals surface area contributed by atoms with Crippen molar-refractivity contribution < 1.29 is 4.79 Å². The molecule has 2 rings (SSSR count). The van der Waals surface area contributed by atoms with Gasteiger partial charge in [0.1, 0.15) is 0 Å². The molecule has 0 bridgehead atoms. The van der Waals surface area contributed by atoms with Gasteiger partial charge in [0.15, 0.2) is 0 Å². The first-order chi connectivity index (χ1) is 5.86. The van der Waals surface area contributed by atoms with Crippen LogP contribution in [0.2, 0.25) is 0 Å². The zero-order chi connectivity index (χ0) is 8.39. The minimum atomic E-state index is 0. The van der Waals surface area contributed by atoms with Crippen molar-refractivity contribution in [3.63, 3.8) is 0 Å².